The predicted octanol–water partition coefficient (Wildman–Crippen LogP) is 3.25. The number of halogens is 2. The van der Waals surface area contributed by atoms with E-state index in [-0.39, 0.29) is 30.8 Å². The fourth-order valence-corrected chi connectivity index (χ4v) is 1.28. The van der Waals surface area contributed by atoms with Crippen LogP contribution in [0, 0.1) is 0 Å². The molecule has 0 aliphatic rings. The van der Waals surface area contributed by atoms with Crippen LogP contribution >= 0.6 is 24.8 Å². The Morgan fingerprint density at radius 3 is 2.11 bits per heavy atom. The highest BCUT2D eigenvalue weighted by Gasteiger charge is 2.21. The molecule has 1 atom stereocenters. The molecule has 0 fully saturated rings. The topological polar surface area (TPSA) is 64.3 Å². The Balaban J connectivity index is 0. The van der Waals surface area contributed by atoms with Crippen molar-refractivity contribution in [2.24, 2.45) is 0 Å². The maximum absolute atomic E-state index is 11.7. The summed E-state index contributed by atoms with van der Waals surface area (Å²) in [6.07, 6.45) is 0. The molecule has 0 bridgehead atoms. The van der Waals surface area contributed by atoms with Crippen LogP contribution in [-0.4, -0.2) is 17.6 Å². The van der Waals surface area contributed by atoms with Gasteiger partial charge in [-0.05, 0) is 52.0 Å². The number of hydrogen-bond acceptors (Lipinski definition) is 4. The molecule has 0 amide bonds. The third-order valence-corrected chi connectivity index (χ3v) is 2.05. The average molecular weight is 309 g/mol. The van der Waals surface area contributed by atoms with E-state index >= 15 is 0 Å². The molecule has 0 aliphatic carbocycles. The molecule has 110 valence electrons. The summed E-state index contributed by atoms with van der Waals surface area (Å²) in [4.78, 5) is 11.7. The van der Waals surface area contributed by atoms with E-state index in [9.17, 15) is 4.79 Å². The lowest BCUT2D eigenvalue weighted by molar-refractivity contribution is -0.155. The minimum Gasteiger partial charge on any atom is -0.458 e. The minimum absolute atomic E-state index is 0. The molecule has 19 heavy (non-hydrogen) atoms. The van der Waals surface area contributed by atoms with Crippen LogP contribution < -0.4 is 11.1 Å². The van der Waals surface area contributed by atoms with E-state index in [1.807, 2.05) is 32.9 Å². The second-order valence-electron chi connectivity index (χ2n) is 5.02. The van der Waals surface area contributed by atoms with Crippen LogP contribution in [0.3, 0.4) is 0 Å². The Bertz CT molecular complexity index is 389. The first-order valence-corrected chi connectivity index (χ1v) is 5.63. The van der Waals surface area contributed by atoms with Gasteiger partial charge >= 0.3 is 5.97 Å². The van der Waals surface area contributed by atoms with E-state index in [4.69, 9.17) is 10.5 Å². The highest BCUT2D eigenvalue weighted by molar-refractivity contribution is 5.85. The number of ether oxygens (including phenoxy) is 1. The lowest BCUT2D eigenvalue weighted by atomic mass is 10.2. The van der Waals surface area contributed by atoms with Crippen molar-refractivity contribution in [2.75, 3.05) is 11.1 Å². The number of nitrogens with one attached hydrogen (secondary N) is 1. The Hall–Kier alpha value is -1.13. The van der Waals surface area contributed by atoms with Gasteiger partial charge in [-0.3, -0.25) is 0 Å². The number of benzene rings is 1. The zero-order valence-corrected chi connectivity index (χ0v) is 13.2. The summed E-state index contributed by atoms with van der Waals surface area (Å²) in [5, 5.41) is 3.06. The standard InChI is InChI=1S/C13H20N2O2.2ClH/c1-9(12(16)17-13(2,3)4)15-11-7-5-10(14)6-8-11;;/h5-9,15H,14H2,1-4H3;2*1H. The first kappa shape index (κ1) is 20.2. The minimum atomic E-state index is -0.464. The molecule has 4 nitrogen and oxygen atoms in total. The molecule has 0 aromatic heterocycles. The maximum atomic E-state index is 11.7. The zero-order valence-electron chi connectivity index (χ0n) is 11.6. The predicted molar refractivity (Wildman–Crippen MR) is 84.3 cm³/mol. The third kappa shape index (κ3) is 7.80. The van der Waals surface area contributed by atoms with E-state index in [0.29, 0.717) is 5.69 Å². The van der Waals surface area contributed by atoms with Gasteiger partial charge in [-0.2, -0.15) is 0 Å². The van der Waals surface area contributed by atoms with Gasteiger partial charge in [-0.15, -0.1) is 24.8 Å². The number of rotatable bonds is 3. The fourth-order valence-electron chi connectivity index (χ4n) is 1.28. The average Bonchev–Trinajstić information content (AvgIpc) is 2.19. The van der Waals surface area contributed by atoms with Crippen molar-refractivity contribution in [3.8, 4) is 0 Å². The van der Waals surface area contributed by atoms with E-state index in [2.05, 4.69) is 5.32 Å². The molecule has 1 aromatic rings. The Morgan fingerprint density at radius 2 is 1.68 bits per heavy atom. The van der Waals surface area contributed by atoms with Crippen molar-refractivity contribution in [1.29, 1.82) is 0 Å². The summed E-state index contributed by atoms with van der Waals surface area (Å²) >= 11 is 0. The third-order valence-electron chi connectivity index (χ3n) is 2.05. The number of carbonyl (C=O) groups excluding carboxylic acids is 1. The Labute approximate surface area is 126 Å². The quantitative estimate of drug-likeness (QED) is 0.664. The molecular weight excluding hydrogens is 287 g/mol. The molecule has 0 saturated heterocycles. The van der Waals surface area contributed by atoms with Gasteiger partial charge in [0.15, 0.2) is 0 Å². The molecule has 6 heteroatoms. The van der Waals surface area contributed by atoms with Crippen LogP contribution in [0.1, 0.15) is 27.7 Å². The van der Waals surface area contributed by atoms with E-state index in [1.54, 1.807) is 19.1 Å². The Kier molecular flexibility index (Phi) is 8.63. The highest BCUT2D eigenvalue weighted by atomic mass is 35.5. The highest BCUT2D eigenvalue weighted by Crippen LogP contribution is 2.14. The first-order valence-electron chi connectivity index (χ1n) is 5.63. The second-order valence-corrected chi connectivity index (χ2v) is 5.02. The van der Waals surface area contributed by atoms with Crippen molar-refractivity contribution in [3.05, 3.63) is 24.3 Å². The molecule has 0 heterocycles. The molecule has 3 N–H and O–H groups in total. The number of nitrogen functional groups attached to an aromatic ring is 1. The van der Waals surface area contributed by atoms with Gasteiger partial charge in [-0.25, -0.2) is 4.79 Å². The van der Waals surface area contributed by atoms with Gasteiger partial charge in [0, 0.05) is 11.4 Å². The molecule has 1 unspecified atom stereocenters. The normalized spacial score (nSPS) is 11.6. The van der Waals surface area contributed by atoms with Crippen LogP contribution in [0.15, 0.2) is 24.3 Å². The van der Waals surface area contributed by atoms with Crippen LogP contribution in [0.4, 0.5) is 11.4 Å². The molecule has 1 rings (SSSR count). The summed E-state index contributed by atoms with van der Waals surface area (Å²) in [6, 6.07) is 6.83. The summed E-state index contributed by atoms with van der Waals surface area (Å²) < 4.78 is 5.27. The number of esters is 1. The van der Waals surface area contributed by atoms with Crippen LogP contribution in [-0.2, 0) is 9.53 Å². The fraction of sp³-hybridized carbons (Fsp3) is 0.462. The largest absolute Gasteiger partial charge is 0.458 e. The number of nitrogens with two attached hydrogens (primary N) is 1. The summed E-state index contributed by atoms with van der Waals surface area (Å²) in [7, 11) is 0. The molecule has 0 aliphatic heterocycles. The van der Waals surface area contributed by atoms with Crippen LogP contribution in [0.25, 0.3) is 0 Å². The monoisotopic (exact) mass is 308 g/mol. The van der Waals surface area contributed by atoms with Gasteiger partial charge in [0.1, 0.15) is 11.6 Å². The van der Waals surface area contributed by atoms with E-state index in [1.165, 1.54) is 0 Å². The Morgan fingerprint density at radius 1 is 1.21 bits per heavy atom. The maximum Gasteiger partial charge on any atom is 0.328 e. The van der Waals surface area contributed by atoms with Gasteiger partial charge in [-0.1, -0.05) is 0 Å². The van der Waals surface area contributed by atoms with Gasteiger partial charge < -0.3 is 15.8 Å². The molecule has 0 radical (unpaired) electrons. The van der Waals surface area contributed by atoms with Gasteiger partial charge in [0.05, 0.1) is 0 Å². The molecular formula is C13H22Cl2N2O2. The van der Waals surface area contributed by atoms with Crippen LogP contribution in [0.5, 0.6) is 0 Å². The lowest BCUT2D eigenvalue weighted by Gasteiger charge is -2.23. The summed E-state index contributed by atoms with van der Waals surface area (Å²) in [6.45, 7) is 7.31. The second kappa shape index (κ2) is 8.12. The number of anilines is 2. The molecule has 0 saturated carbocycles. The summed E-state index contributed by atoms with van der Waals surface area (Å²) in [5.74, 6) is -0.269. The number of carbonyl (C=O) groups is 1. The molecule has 0 spiro atoms. The van der Waals surface area contributed by atoms with Crippen molar-refractivity contribution < 1.29 is 9.53 Å². The van der Waals surface area contributed by atoms with Crippen molar-refractivity contribution in [2.45, 2.75) is 39.3 Å². The number of hydrogen-bond donors (Lipinski definition) is 2. The zero-order chi connectivity index (χ0) is 13.1. The molecule has 1 aromatic carbocycles. The lowest BCUT2D eigenvalue weighted by Crippen LogP contribution is -2.34. The smallest absolute Gasteiger partial charge is 0.328 e. The van der Waals surface area contributed by atoms with Gasteiger partial charge in [0.2, 0.25) is 0 Å². The summed E-state index contributed by atoms with van der Waals surface area (Å²) in [5.41, 5.74) is 6.66. The SMILES string of the molecule is CC(Nc1ccc(N)cc1)C(=O)OC(C)(C)C.Cl.Cl. The first-order chi connectivity index (χ1) is 7.78. The van der Waals surface area contributed by atoms with Crippen molar-refractivity contribution in [3.63, 3.8) is 0 Å². The van der Waals surface area contributed by atoms with Crippen LogP contribution in [0.2, 0.25) is 0 Å². The van der Waals surface area contributed by atoms with Crippen molar-refractivity contribution >= 4 is 42.2 Å². The van der Waals surface area contributed by atoms with E-state index in [0.717, 1.165) is 5.69 Å². The van der Waals surface area contributed by atoms with Gasteiger partial charge in [0.25, 0.3) is 0 Å². The van der Waals surface area contributed by atoms with E-state index < -0.39 is 11.6 Å². The van der Waals surface area contributed by atoms with Crippen molar-refractivity contribution in [1.82, 2.24) is 0 Å².